The minimum Gasteiger partial charge on any atom is -0.344 e. The molecule has 1 aromatic carbocycles. The predicted octanol–water partition coefficient (Wildman–Crippen LogP) is 3.16. The van der Waals surface area contributed by atoms with E-state index in [4.69, 9.17) is 4.52 Å². The lowest BCUT2D eigenvalue weighted by Gasteiger charge is -2.18. The number of pyridine rings is 1. The van der Waals surface area contributed by atoms with Crippen LogP contribution >= 0.6 is 0 Å². The lowest BCUT2D eigenvalue weighted by Crippen LogP contribution is -2.36. The zero-order chi connectivity index (χ0) is 21.3. The molecule has 0 aliphatic heterocycles. The van der Waals surface area contributed by atoms with Crippen molar-refractivity contribution in [3.8, 4) is 11.4 Å². The first kappa shape index (κ1) is 21.0. The second-order valence-electron chi connectivity index (χ2n) is 6.98. The van der Waals surface area contributed by atoms with E-state index in [9.17, 15) is 9.59 Å². The average molecular weight is 408 g/mol. The van der Waals surface area contributed by atoms with Gasteiger partial charge in [0.1, 0.15) is 6.04 Å². The van der Waals surface area contributed by atoms with E-state index in [-0.39, 0.29) is 30.8 Å². The standard InChI is InChI=1S/C21H24N6O3/c1-14(2)18(20-26-19(27-30-20)15-7-6-11-22-13-15)25-17(28)10-12-23-21(29)24-16-8-4-3-5-9-16/h3-9,11,13-14,18H,10,12H2,1-2H3,(H,25,28)(H2,23,24,29). The molecule has 0 aliphatic rings. The molecule has 0 saturated heterocycles. The molecule has 0 radical (unpaired) electrons. The van der Waals surface area contributed by atoms with Gasteiger partial charge in [-0.3, -0.25) is 9.78 Å². The number of amides is 3. The summed E-state index contributed by atoms with van der Waals surface area (Å²) in [6.07, 6.45) is 3.43. The molecule has 3 amide bonds. The maximum absolute atomic E-state index is 12.4. The van der Waals surface area contributed by atoms with Gasteiger partial charge in [0, 0.05) is 36.6 Å². The highest BCUT2D eigenvalue weighted by molar-refractivity contribution is 5.89. The van der Waals surface area contributed by atoms with Gasteiger partial charge < -0.3 is 20.5 Å². The molecule has 30 heavy (non-hydrogen) atoms. The third kappa shape index (κ3) is 5.87. The van der Waals surface area contributed by atoms with Crippen LogP contribution < -0.4 is 16.0 Å². The first-order valence-corrected chi connectivity index (χ1v) is 9.66. The highest BCUT2D eigenvalue weighted by Gasteiger charge is 2.24. The van der Waals surface area contributed by atoms with Gasteiger partial charge in [0.15, 0.2) is 0 Å². The third-order valence-corrected chi connectivity index (χ3v) is 4.28. The molecule has 156 valence electrons. The lowest BCUT2D eigenvalue weighted by atomic mass is 10.0. The van der Waals surface area contributed by atoms with Crippen LogP contribution in [-0.4, -0.2) is 33.6 Å². The Bertz CT molecular complexity index is 959. The maximum atomic E-state index is 12.4. The Kier molecular flexibility index (Phi) is 7.09. The topological polar surface area (TPSA) is 122 Å². The molecule has 2 heterocycles. The molecular weight excluding hydrogens is 384 g/mol. The van der Waals surface area contributed by atoms with Gasteiger partial charge in [-0.05, 0) is 30.2 Å². The van der Waals surface area contributed by atoms with E-state index in [0.717, 1.165) is 5.56 Å². The second kappa shape index (κ2) is 10.1. The van der Waals surface area contributed by atoms with Gasteiger partial charge in [-0.15, -0.1) is 0 Å². The SMILES string of the molecule is CC(C)C(NC(=O)CCNC(=O)Nc1ccccc1)c1nc(-c2cccnc2)no1. The number of nitrogens with zero attached hydrogens (tertiary/aromatic N) is 3. The van der Waals surface area contributed by atoms with Gasteiger partial charge in [-0.2, -0.15) is 4.98 Å². The fourth-order valence-electron chi connectivity index (χ4n) is 2.72. The quantitative estimate of drug-likeness (QED) is 0.526. The Morgan fingerprint density at radius 2 is 1.90 bits per heavy atom. The van der Waals surface area contributed by atoms with Gasteiger partial charge in [0.25, 0.3) is 0 Å². The van der Waals surface area contributed by atoms with Gasteiger partial charge in [-0.1, -0.05) is 37.2 Å². The highest BCUT2D eigenvalue weighted by Crippen LogP contribution is 2.23. The van der Waals surface area contributed by atoms with Crippen molar-refractivity contribution in [2.75, 3.05) is 11.9 Å². The summed E-state index contributed by atoms with van der Waals surface area (Å²) in [5, 5.41) is 12.2. The van der Waals surface area contributed by atoms with Crippen molar-refractivity contribution >= 4 is 17.6 Å². The summed E-state index contributed by atoms with van der Waals surface area (Å²) in [6, 6.07) is 11.9. The van der Waals surface area contributed by atoms with Crippen molar-refractivity contribution in [2.24, 2.45) is 5.92 Å². The molecule has 9 nitrogen and oxygen atoms in total. The summed E-state index contributed by atoms with van der Waals surface area (Å²) in [6.45, 7) is 4.09. The number of urea groups is 1. The molecule has 0 fully saturated rings. The van der Waals surface area contributed by atoms with Crippen LogP contribution in [0.4, 0.5) is 10.5 Å². The normalized spacial score (nSPS) is 11.7. The van der Waals surface area contributed by atoms with E-state index in [1.807, 2.05) is 38.1 Å². The number of anilines is 1. The lowest BCUT2D eigenvalue weighted by molar-refractivity contribution is -0.122. The molecule has 0 aliphatic carbocycles. The number of carbonyl (C=O) groups excluding carboxylic acids is 2. The molecule has 1 atom stereocenters. The first-order valence-electron chi connectivity index (χ1n) is 9.66. The zero-order valence-electron chi connectivity index (χ0n) is 16.8. The largest absolute Gasteiger partial charge is 0.344 e. The summed E-state index contributed by atoms with van der Waals surface area (Å²) < 4.78 is 5.37. The zero-order valence-corrected chi connectivity index (χ0v) is 16.8. The van der Waals surface area contributed by atoms with Crippen molar-refractivity contribution < 1.29 is 14.1 Å². The predicted molar refractivity (Wildman–Crippen MR) is 111 cm³/mol. The minimum absolute atomic E-state index is 0.0329. The molecule has 0 bridgehead atoms. The van der Waals surface area contributed by atoms with Crippen LogP contribution in [-0.2, 0) is 4.79 Å². The molecule has 9 heteroatoms. The number of rotatable bonds is 8. The molecule has 0 saturated carbocycles. The van der Waals surface area contributed by atoms with E-state index in [2.05, 4.69) is 31.1 Å². The molecule has 3 aromatic rings. The number of nitrogens with one attached hydrogen (secondary N) is 3. The number of benzene rings is 1. The van der Waals surface area contributed by atoms with Crippen molar-refractivity contribution in [3.63, 3.8) is 0 Å². The van der Waals surface area contributed by atoms with E-state index in [1.54, 1.807) is 30.6 Å². The van der Waals surface area contributed by atoms with Crippen molar-refractivity contribution in [1.29, 1.82) is 0 Å². The van der Waals surface area contributed by atoms with Crippen LogP contribution in [0, 0.1) is 5.92 Å². The number of hydrogen-bond acceptors (Lipinski definition) is 6. The molecule has 1 unspecified atom stereocenters. The maximum Gasteiger partial charge on any atom is 0.319 e. The average Bonchev–Trinajstić information content (AvgIpc) is 3.23. The number of aromatic nitrogens is 3. The summed E-state index contributed by atoms with van der Waals surface area (Å²) in [5.74, 6) is 0.546. The first-order chi connectivity index (χ1) is 14.5. The summed E-state index contributed by atoms with van der Waals surface area (Å²) in [7, 11) is 0. The van der Waals surface area contributed by atoms with E-state index < -0.39 is 6.04 Å². The summed E-state index contributed by atoms with van der Waals surface area (Å²) in [4.78, 5) is 32.7. The fraction of sp³-hybridized carbons (Fsp3) is 0.286. The fourth-order valence-corrected chi connectivity index (χ4v) is 2.72. The van der Waals surface area contributed by atoms with Crippen LogP contribution in [0.3, 0.4) is 0 Å². The van der Waals surface area contributed by atoms with Crippen LogP contribution in [0.15, 0.2) is 59.4 Å². The monoisotopic (exact) mass is 408 g/mol. The van der Waals surface area contributed by atoms with Crippen LogP contribution in [0.1, 0.15) is 32.2 Å². The van der Waals surface area contributed by atoms with Crippen LogP contribution in [0.5, 0.6) is 0 Å². The molecule has 0 spiro atoms. The van der Waals surface area contributed by atoms with Crippen molar-refractivity contribution in [2.45, 2.75) is 26.3 Å². The van der Waals surface area contributed by atoms with E-state index >= 15 is 0 Å². The third-order valence-electron chi connectivity index (χ3n) is 4.28. The Morgan fingerprint density at radius 1 is 1.10 bits per heavy atom. The van der Waals surface area contributed by atoms with Crippen molar-refractivity contribution in [1.82, 2.24) is 25.8 Å². The number of para-hydroxylation sites is 1. The summed E-state index contributed by atoms with van der Waals surface area (Å²) in [5.41, 5.74) is 1.41. The van der Waals surface area contributed by atoms with Gasteiger partial charge >= 0.3 is 6.03 Å². The van der Waals surface area contributed by atoms with Crippen LogP contribution in [0.25, 0.3) is 11.4 Å². The Labute approximate surface area is 174 Å². The van der Waals surface area contributed by atoms with Gasteiger partial charge in [-0.25, -0.2) is 4.79 Å². The summed E-state index contributed by atoms with van der Waals surface area (Å²) >= 11 is 0. The minimum atomic E-state index is -0.437. The van der Waals surface area contributed by atoms with Crippen molar-refractivity contribution in [3.05, 3.63) is 60.7 Å². The second-order valence-corrected chi connectivity index (χ2v) is 6.98. The van der Waals surface area contributed by atoms with E-state index in [0.29, 0.717) is 17.4 Å². The Balaban J connectivity index is 1.51. The Hall–Kier alpha value is -3.75. The van der Waals surface area contributed by atoms with E-state index in [1.165, 1.54) is 0 Å². The Morgan fingerprint density at radius 3 is 2.60 bits per heavy atom. The number of hydrogen-bond donors (Lipinski definition) is 3. The van der Waals surface area contributed by atoms with Gasteiger partial charge in [0.05, 0.1) is 0 Å². The van der Waals surface area contributed by atoms with Crippen LogP contribution in [0.2, 0.25) is 0 Å². The molecule has 3 N–H and O–H groups in total. The van der Waals surface area contributed by atoms with Gasteiger partial charge in [0.2, 0.25) is 17.6 Å². The molecule has 2 aromatic heterocycles. The molecular formula is C21H24N6O3. The molecule has 3 rings (SSSR count). The highest BCUT2D eigenvalue weighted by atomic mass is 16.5. The number of carbonyl (C=O) groups is 2. The smallest absolute Gasteiger partial charge is 0.319 e.